The first-order valence-electron chi connectivity index (χ1n) is 5.90. The Morgan fingerprint density at radius 2 is 1.55 bits per heavy atom. The first kappa shape index (κ1) is 20.6. The fourth-order valence-electron chi connectivity index (χ4n) is 1.33. The normalized spacial score (nSPS) is 14.7. The van der Waals surface area contributed by atoms with Gasteiger partial charge in [0, 0.05) is 0 Å². The van der Waals surface area contributed by atoms with Crippen molar-refractivity contribution < 1.29 is 44.7 Å². The molecule has 0 bridgehead atoms. The molecule has 0 aromatic rings. The Hall–Kier alpha value is -1.35. The molecule has 0 aromatic carbocycles. The molecule has 0 aliphatic carbocycles. The van der Waals surface area contributed by atoms with Crippen LogP contribution in [0.4, 0.5) is 35.1 Å². The van der Waals surface area contributed by atoms with E-state index in [1.165, 1.54) is 13.0 Å². The molecule has 0 saturated heterocycles. The van der Waals surface area contributed by atoms with Gasteiger partial charge in [0.05, 0.1) is 5.92 Å². The summed E-state index contributed by atoms with van der Waals surface area (Å²) in [5, 5.41) is 0. The second-order valence-corrected chi connectivity index (χ2v) is 4.84. The Morgan fingerprint density at radius 3 is 1.91 bits per heavy atom. The Bertz CT molecular complexity index is 427. The highest BCUT2D eigenvalue weighted by atomic mass is 19.4. The molecule has 0 rings (SSSR count). The highest BCUT2D eigenvalue weighted by Crippen LogP contribution is 2.48. The number of alkyl halides is 8. The quantitative estimate of drug-likeness (QED) is 0.392. The van der Waals surface area contributed by atoms with Crippen LogP contribution in [-0.4, -0.2) is 36.8 Å². The van der Waals surface area contributed by atoms with Crippen LogP contribution in [0, 0.1) is 5.92 Å². The number of rotatable bonds is 7. The maximum absolute atomic E-state index is 13.1. The van der Waals surface area contributed by atoms with Crippen molar-refractivity contribution in [1.82, 2.24) is 0 Å². The Labute approximate surface area is 121 Å². The van der Waals surface area contributed by atoms with Gasteiger partial charge in [-0.2, -0.15) is 26.3 Å². The van der Waals surface area contributed by atoms with Gasteiger partial charge < -0.3 is 4.74 Å². The fourth-order valence-corrected chi connectivity index (χ4v) is 1.33. The van der Waals surface area contributed by atoms with Crippen molar-refractivity contribution in [2.75, 3.05) is 6.61 Å². The average molecular weight is 342 g/mol. The van der Waals surface area contributed by atoms with Gasteiger partial charge in [-0.25, -0.2) is 8.78 Å². The molecular weight excluding hydrogens is 328 g/mol. The van der Waals surface area contributed by atoms with Crippen LogP contribution in [0.15, 0.2) is 11.6 Å². The zero-order valence-corrected chi connectivity index (χ0v) is 11.8. The topological polar surface area (TPSA) is 26.3 Å². The predicted molar refractivity (Wildman–Crippen MR) is 60.4 cm³/mol. The molecule has 0 saturated carbocycles. The van der Waals surface area contributed by atoms with E-state index in [4.69, 9.17) is 0 Å². The van der Waals surface area contributed by atoms with Gasteiger partial charge in [-0.05, 0) is 20.8 Å². The number of hydrogen-bond donors (Lipinski definition) is 0. The van der Waals surface area contributed by atoms with Crippen molar-refractivity contribution in [1.29, 1.82) is 0 Å². The van der Waals surface area contributed by atoms with E-state index in [1.54, 1.807) is 13.8 Å². The van der Waals surface area contributed by atoms with Crippen molar-refractivity contribution in [3.8, 4) is 0 Å². The average Bonchev–Trinajstić information content (AvgIpc) is 2.34. The van der Waals surface area contributed by atoms with Crippen LogP contribution in [-0.2, 0) is 9.53 Å². The van der Waals surface area contributed by atoms with E-state index in [0.29, 0.717) is 5.57 Å². The number of esters is 1. The van der Waals surface area contributed by atoms with Crippen molar-refractivity contribution in [2.45, 2.75) is 45.0 Å². The van der Waals surface area contributed by atoms with E-state index in [0.717, 1.165) is 0 Å². The SMILES string of the molecule is CC(C)=CC(C)C(=O)OCC(F)(F)C(F)(F)C(F)(F)C(F)F. The lowest BCUT2D eigenvalue weighted by Crippen LogP contribution is -2.59. The molecule has 0 N–H and O–H groups in total. The van der Waals surface area contributed by atoms with Gasteiger partial charge in [-0.15, -0.1) is 0 Å². The number of ether oxygens (including phenoxy) is 1. The zero-order valence-electron chi connectivity index (χ0n) is 11.8. The van der Waals surface area contributed by atoms with E-state index in [9.17, 15) is 39.9 Å². The smallest absolute Gasteiger partial charge is 0.381 e. The summed E-state index contributed by atoms with van der Waals surface area (Å²) in [6, 6.07) is 0. The maximum atomic E-state index is 13.1. The maximum Gasteiger partial charge on any atom is 0.381 e. The first-order valence-corrected chi connectivity index (χ1v) is 5.90. The lowest BCUT2D eigenvalue weighted by atomic mass is 10.1. The Morgan fingerprint density at radius 1 is 1.09 bits per heavy atom. The third-order valence-corrected chi connectivity index (χ3v) is 2.50. The van der Waals surface area contributed by atoms with Crippen LogP contribution in [0.2, 0.25) is 0 Å². The van der Waals surface area contributed by atoms with E-state index in [1.807, 2.05) is 0 Å². The van der Waals surface area contributed by atoms with E-state index in [-0.39, 0.29) is 0 Å². The lowest BCUT2D eigenvalue weighted by molar-refractivity contribution is -0.344. The molecule has 10 heteroatoms. The molecule has 1 unspecified atom stereocenters. The number of carbonyl (C=O) groups is 1. The van der Waals surface area contributed by atoms with Gasteiger partial charge in [0.1, 0.15) is 0 Å². The molecular formula is C12H14F8O2. The van der Waals surface area contributed by atoms with Crippen LogP contribution in [0.3, 0.4) is 0 Å². The molecule has 0 radical (unpaired) electrons. The summed E-state index contributed by atoms with van der Waals surface area (Å²) < 4.78 is 105. The number of hydrogen-bond acceptors (Lipinski definition) is 2. The summed E-state index contributed by atoms with van der Waals surface area (Å²) in [5.74, 6) is -20.8. The van der Waals surface area contributed by atoms with Crippen molar-refractivity contribution in [2.24, 2.45) is 5.92 Å². The summed E-state index contributed by atoms with van der Waals surface area (Å²) in [4.78, 5) is 11.3. The van der Waals surface area contributed by atoms with Gasteiger partial charge in [0.25, 0.3) is 0 Å². The summed E-state index contributed by atoms with van der Waals surface area (Å²) in [6.07, 6.45) is -3.75. The first-order chi connectivity index (χ1) is 9.66. The molecule has 1 atom stereocenters. The molecule has 0 fully saturated rings. The highest BCUT2D eigenvalue weighted by Gasteiger charge is 2.75. The molecule has 0 amide bonds. The third-order valence-electron chi connectivity index (χ3n) is 2.50. The van der Waals surface area contributed by atoms with Crippen LogP contribution in [0.1, 0.15) is 20.8 Å². The predicted octanol–water partition coefficient (Wildman–Crippen LogP) is 4.30. The second-order valence-electron chi connectivity index (χ2n) is 4.84. The molecule has 0 aliphatic heterocycles. The standard InChI is InChI=1S/C12H14F8O2/c1-6(2)4-7(3)8(21)22-5-10(15,16)12(19,20)11(17,18)9(13)14/h4,7,9H,5H2,1-3H3. The molecule has 0 spiro atoms. The van der Waals surface area contributed by atoms with Crippen LogP contribution >= 0.6 is 0 Å². The van der Waals surface area contributed by atoms with E-state index >= 15 is 0 Å². The molecule has 22 heavy (non-hydrogen) atoms. The minimum atomic E-state index is -6.38. The monoisotopic (exact) mass is 342 g/mol. The Kier molecular flexibility index (Phi) is 6.40. The number of halogens is 8. The van der Waals surface area contributed by atoms with Crippen LogP contribution < -0.4 is 0 Å². The lowest BCUT2D eigenvalue weighted by Gasteiger charge is -2.31. The minimum absolute atomic E-state index is 0.589. The molecule has 0 aliphatic rings. The third kappa shape index (κ3) is 4.33. The van der Waals surface area contributed by atoms with E-state index in [2.05, 4.69) is 4.74 Å². The van der Waals surface area contributed by atoms with Gasteiger partial charge in [0.15, 0.2) is 6.61 Å². The van der Waals surface area contributed by atoms with Gasteiger partial charge in [-0.3, -0.25) is 4.79 Å². The highest BCUT2D eigenvalue weighted by molar-refractivity contribution is 5.74. The van der Waals surface area contributed by atoms with Gasteiger partial charge in [0.2, 0.25) is 0 Å². The van der Waals surface area contributed by atoms with Gasteiger partial charge >= 0.3 is 30.2 Å². The largest absolute Gasteiger partial charge is 0.459 e. The minimum Gasteiger partial charge on any atom is -0.459 e. The van der Waals surface area contributed by atoms with Crippen molar-refractivity contribution >= 4 is 5.97 Å². The fraction of sp³-hybridized carbons (Fsp3) is 0.750. The van der Waals surface area contributed by atoms with Crippen LogP contribution in [0.5, 0.6) is 0 Å². The zero-order chi connectivity index (χ0) is 17.9. The van der Waals surface area contributed by atoms with Gasteiger partial charge in [-0.1, -0.05) is 11.6 Å². The number of allylic oxidation sites excluding steroid dienone is 1. The molecule has 130 valence electrons. The van der Waals surface area contributed by atoms with E-state index < -0.39 is 42.7 Å². The molecule has 2 nitrogen and oxygen atoms in total. The van der Waals surface area contributed by atoms with Crippen molar-refractivity contribution in [3.05, 3.63) is 11.6 Å². The van der Waals surface area contributed by atoms with Crippen LogP contribution in [0.25, 0.3) is 0 Å². The van der Waals surface area contributed by atoms with Crippen molar-refractivity contribution in [3.63, 3.8) is 0 Å². The Balaban J connectivity index is 5.05. The summed E-state index contributed by atoms with van der Waals surface area (Å²) in [6.45, 7) is 1.85. The summed E-state index contributed by atoms with van der Waals surface area (Å²) >= 11 is 0. The molecule has 0 heterocycles. The second kappa shape index (κ2) is 6.82. The summed E-state index contributed by atoms with van der Waals surface area (Å²) in [7, 11) is 0. The molecule has 0 aromatic heterocycles. The summed E-state index contributed by atoms with van der Waals surface area (Å²) in [5.41, 5.74) is 0.589. The number of carbonyl (C=O) groups excluding carboxylic acids is 1.